The number of hydrogen-bond acceptors (Lipinski definition) is 4. The van der Waals surface area contributed by atoms with Gasteiger partial charge in [-0.2, -0.15) is 18.3 Å². The van der Waals surface area contributed by atoms with Gasteiger partial charge in [-0.3, -0.25) is 9.59 Å². The molecule has 0 atom stereocenters. The largest absolute Gasteiger partial charge is 0.478 e. The van der Waals surface area contributed by atoms with Crippen molar-refractivity contribution in [2.45, 2.75) is 13.1 Å². The summed E-state index contributed by atoms with van der Waals surface area (Å²) in [5.41, 5.74) is -2.35. The quantitative estimate of drug-likeness (QED) is 0.821. The van der Waals surface area contributed by atoms with Gasteiger partial charge in [-0.05, 0) is 18.2 Å². The van der Waals surface area contributed by atoms with Crippen molar-refractivity contribution in [2.24, 2.45) is 0 Å². The number of halogens is 3. The van der Waals surface area contributed by atoms with E-state index in [1.165, 1.54) is 38.2 Å². The zero-order valence-electron chi connectivity index (χ0n) is 14.2. The number of nitrogens with zero attached hydrogens (tertiary/aromatic N) is 3. The molecule has 8 nitrogen and oxygen atoms in total. The molecule has 11 heteroatoms. The Bertz CT molecular complexity index is 892. The molecule has 1 aromatic heterocycles. The number of aromatic nitrogens is 2. The molecule has 1 aromatic carbocycles. The summed E-state index contributed by atoms with van der Waals surface area (Å²) in [6.07, 6.45) is -4.34. The van der Waals surface area contributed by atoms with Crippen molar-refractivity contribution in [3.8, 4) is 5.69 Å². The number of hydrogen-bond donors (Lipinski definition) is 2. The minimum atomic E-state index is -4.95. The van der Waals surface area contributed by atoms with Gasteiger partial charge >= 0.3 is 12.1 Å². The molecule has 0 unspecified atom stereocenters. The second-order valence-corrected chi connectivity index (χ2v) is 5.60. The molecule has 2 N–H and O–H groups in total. The van der Waals surface area contributed by atoms with Crippen molar-refractivity contribution in [1.29, 1.82) is 0 Å². The number of carbonyl (C=O) groups excluding carboxylic acids is 2. The summed E-state index contributed by atoms with van der Waals surface area (Å²) in [5.74, 6) is -2.63. The molecule has 0 radical (unpaired) electrons. The molecule has 0 fully saturated rings. The maximum atomic E-state index is 13.3. The van der Waals surface area contributed by atoms with Crippen molar-refractivity contribution >= 4 is 23.5 Å². The number of aromatic carboxylic acids is 1. The number of carbonyl (C=O) groups is 3. The van der Waals surface area contributed by atoms with Gasteiger partial charge in [-0.15, -0.1) is 0 Å². The van der Waals surface area contributed by atoms with E-state index in [4.69, 9.17) is 5.11 Å². The predicted molar refractivity (Wildman–Crippen MR) is 87.5 cm³/mol. The fraction of sp³-hybridized carbons (Fsp3) is 0.250. The number of nitrogens with one attached hydrogen (secondary N) is 1. The molecule has 2 rings (SSSR count). The Balaban J connectivity index is 2.35. The molecule has 0 bridgehead atoms. The molecule has 0 spiro atoms. The Morgan fingerprint density at radius 2 is 1.96 bits per heavy atom. The van der Waals surface area contributed by atoms with Crippen molar-refractivity contribution in [3.63, 3.8) is 0 Å². The highest BCUT2D eigenvalue weighted by Gasteiger charge is 2.40. The van der Waals surface area contributed by atoms with Crippen LogP contribution in [0.4, 0.5) is 18.9 Å². The van der Waals surface area contributed by atoms with Crippen LogP contribution >= 0.6 is 0 Å². The van der Waals surface area contributed by atoms with Crippen LogP contribution in [0.5, 0.6) is 0 Å². The van der Waals surface area contributed by atoms with E-state index in [2.05, 4.69) is 10.4 Å². The van der Waals surface area contributed by atoms with Crippen LogP contribution in [0.15, 0.2) is 30.5 Å². The van der Waals surface area contributed by atoms with Gasteiger partial charge < -0.3 is 15.3 Å². The summed E-state index contributed by atoms with van der Waals surface area (Å²) < 4.78 is 40.3. The van der Waals surface area contributed by atoms with Gasteiger partial charge in [0.2, 0.25) is 11.8 Å². The molecular weight excluding hydrogens is 369 g/mol. The number of rotatable bonds is 5. The molecular formula is C16H15F3N4O4. The molecule has 0 saturated heterocycles. The zero-order valence-corrected chi connectivity index (χ0v) is 14.2. The average Bonchev–Trinajstić information content (AvgIpc) is 3.00. The highest BCUT2D eigenvalue weighted by molar-refractivity contribution is 5.94. The first-order valence-corrected chi connectivity index (χ1v) is 7.51. The van der Waals surface area contributed by atoms with Crippen molar-refractivity contribution in [2.75, 3.05) is 18.9 Å². The average molecular weight is 384 g/mol. The minimum absolute atomic E-state index is 0.0902. The van der Waals surface area contributed by atoms with Crippen LogP contribution in [-0.4, -0.2) is 51.2 Å². The third kappa shape index (κ3) is 4.63. The van der Waals surface area contributed by atoms with Gasteiger partial charge in [-0.1, -0.05) is 6.07 Å². The van der Waals surface area contributed by atoms with Crippen molar-refractivity contribution in [3.05, 3.63) is 41.7 Å². The van der Waals surface area contributed by atoms with Crippen LogP contribution < -0.4 is 5.32 Å². The number of amides is 2. The van der Waals surface area contributed by atoms with Crippen LogP contribution in [0.25, 0.3) is 5.69 Å². The summed E-state index contributed by atoms with van der Waals surface area (Å²) in [6, 6.07) is 5.30. The van der Waals surface area contributed by atoms with Crippen LogP contribution in [0, 0.1) is 0 Å². The van der Waals surface area contributed by atoms with Gasteiger partial charge in [0.15, 0.2) is 5.69 Å². The highest BCUT2D eigenvalue weighted by atomic mass is 19.4. The Morgan fingerprint density at radius 1 is 1.30 bits per heavy atom. The lowest BCUT2D eigenvalue weighted by atomic mass is 10.2. The molecule has 2 aromatic rings. The molecule has 0 aliphatic carbocycles. The molecule has 0 saturated carbocycles. The first kappa shape index (κ1) is 19.9. The fourth-order valence-corrected chi connectivity index (χ4v) is 2.22. The second-order valence-electron chi connectivity index (χ2n) is 5.60. The Kier molecular flexibility index (Phi) is 5.52. The monoisotopic (exact) mass is 384 g/mol. The van der Waals surface area contributed by atoms with Crippen molar-refractivity contribution < 1.29 is 32.7 Å². The topological polar surface area (TPSA) is 105 Å². The van der Waals surface area contributed by atoms with Crippen LogP contribution in [0.2, 0.25) is 0 Å². The van der Waals surface area contributed by atoms with Gasteiger partial charge in [0, 0.05) is 19.7 Å². The van der Waals surface area contributed by atoms with E-state index in [9.17, 15) is 27.6 Å². The lowest BCUT2D eigenvalue weighted by Crippen LogP contribution is -2.33. The number of carboxylic acid groups (broad SMARTS) is 1. The molecule has 27 heavy (non-hydrogen) atoms. The maximum Gasteiger partial charge on any atom is 0.434 e. The number of benzene rings is 1. The van der Waals surface area contributed by atoms with E-state index < -0.39 is 29.3 Å². The Morgan fingerprint density at radius 3 is 2.52 bits per heavy atom. The summed E-state index contributed by atoms with van der Waals surface area (Å²) in [4.78, 5) is 35.3. The number of likely N-dealkylation sites (N-methyl/N-ethyl adjacent to an activating group) is 1. The molecule has 1 heterocycles. The highest BCUT2D eigenvalue weighted by Crippen LogP contribution is 2.34. The third-order valence-electron chi connectivity index (χ3n) is 3.56. The summed E-state index contributed by atoms with van der Waals surface area (Å²) in [6.45, 7) is 1.04. The number of alkyl halides is 3. The number of carboxylic acids is 1. The van der Waals surface area contributed by atoms with Crippen LogP contribution in [0.3, 0.4) is 0 Å². The van der Waals surface area contributed by atoms with Gasteiger partial charge in [0.05, 0.1) is 18.4 Å². The van der Waals surface area contributed by atoms with E-state index in [1.54, 1.807) is 0 Å². The smallest absolute Gasteiger partial charge is 0.434 e. The molecule has 144 valence electrons. The SMILES string of the molecule is CC(=O)N(C)CC(=O)Nc1cccc(-n2ncc(C(=O)O)c2C(F)(F)F)c1. The Labute approximate surface area is 151 Å². The van der Waals surface area contributed by atoms with E-state index in [1.807, 2.05) is 0 Å². The summed E-state index contributed by atoms with van der Waals surface area (Å²) in [7, 11) is 1.42. The van der Waals surface area contributed by atoms with Crippen LogP contribution in [-0.2, 0) is 15.8 Å². The number of anilines is 1. The minimum Gasteiger partial charge on any atom is -0.478 e. The van der Waals surface area contributed by atoms with E-state index in [0.29, 0.717) is 10.9 Å². The van der Waals surface area contributed by atoms with Crippen LogP contribution in [0.1, 0.15) is 23.0 Å². The normalized spacial score (nSPS) is 11.1. The van der Waals surface area contributed by atoms with Gasteiger partial charge in [0.1, 0.15) is 5.56 Å². The first-order valence-electron chi connectivity index (χ1n) is 7.51. The third-order valence-corrected chi connectivity index (χ3v) is 3.56. The summed E-state index contributed by atoms with van der Waals surface area (Å²) >= 11 is 0. The Hall–Kier alpha value is -3.37. The summed E-state index contributed by atoms with van der Waals surface area (Å²) in [5, 5.41) is 14.9. The predicted octanol–water partition coefficient (Wildman–Crippen LogP) is 2.01. The first-order chi connectivity index (χ1) is 12.5. The van der Waals surface area contributed by atoms with E-state index in [0.717, 1.165) is 4.90 Å². The standard InChI is InChI=1S/C16H15F3N4O4/c1-9(24)22(2)8-13(25)21-10-4-3-5-11(6-10)23-14(16(17,18)19)12(7-20-23)15(26)27/h3-7H,8H2,1-2H3,(H,21,25)(H,26,27). The van der Waals surface area contributed by atoms with Gasteiger partial charge in [-0.25, -0.2) is 9.48 Å². The second kappa shape index (κ2) is 7.48. The van der Waals surface area contributed by atoms with E-state index in [-0.39, 0.29) is 23.8 Å². The van der Waals surface area contributed by atoms with Crippen molar-refractivity contribution in [1.82, 2.24) is 14.7 Å². The zero-order chi connectivity index (χ0) is 20.4. The maximum absolute atomic E-state index is 13.3. The fourth-order valence-electron chi connectivity index (χ4n) is 2.22. The molecule has 2 amide bonds. The molecule has 0 aliphatic rings. The molecule has 0 aliphatic heterocycles. The van der Waals surface area contributed by atoms with Gasteiger partial charge in [0.25, 0.3) is 0 Å². The lowest BCUT2D eigenvalue weighted by molar-refractivity contribution is -0.143. The lowest BCUT2D eigenvalue weighted by Gasteiger charge is -2.15. The van der Waals surface area contributed by atoms with E-state index >= 15 is 0 Å².